The third-order valence-electron chi connectivity index (χ3n) is 3.25. The summed E-state index contributed by atoms with van der Waals surface area (Å²) in [6.07, 6.45) is 5.35. The predicted molar refractivity (Wildman–Crippen MR) is 59.3 cm³/mol. The van der Waals surface area contributed by atoms with E-state index in [9.17, 15) is 0 Å². The molecule has 0 saturated carbocycles. The number of rotatable bonds is 2. The van der Waals surface area contributed by atoms with Gasteiger partial charge in [0.1, 0.15) is 0 Å². The predicted octanol–water partition coefficient (Wildman–Crippen LogP) is 1.37. The van der Waals surface area contributed by atoms with Gasteiger partial charge in [0.25, 0.3) is 0 Å². The number of benzene rings is 1. The topological polar surface area (TPSA) is 16.6 Å². The minimum atomic E-state index is 0.892. The molecule has 0 heterocycles. The van der Waals surface area contributed by atoms with E-state index >= 15 is 0 Å². The van der Waals surface area contributed by atoms with Crippen LogP contribution in [-0.2, 0) is 12.8 Å². The monoisotopic (exact) mass is 190 g/mol. The first kappa shape index (κ1) is 9.72. The van der Waals surface area contributed by atoms with Gasteiger partial charge in [-0.2, -0.15) is 0 Å². The van der Waals surface area contributed by atoms with Crippen LogP contribution < -0.4 is 5.32 Å². The molecule has 14 heavy (non-hydrogen) atoms. The Labute approximate surface area is 86.5 Å². The van der Waals surface area contributed by atoms with Crippen LogP contribution in [0.2, 0.25) is 0 Å². The summed E-state index contributed by atoms with van der Waals surface area (Å²) >= 11 is 0. The van der Waals surface area contributed by atoms with Crippen LogP contribution in [0.1, 0.15) is 24.0 Å². The standard InChI is InChI=1S/C13H19N/c1-14-10-11-5-4-8-12-6-2-3-7-13(12)9-11/h2-3,6-7,11,14H,4-5,8-10H2,1H3/p+1. The van der Waals surface area contributed by atoms with E-state index in [1.807, 2.05) is 0 Å². The normalized spacial score (nSPS) is 21.4. The highest BCUT2D eigenvalue weighted by Gasteiger charge is 2.16. The van der Waals surface area contributed by atoms with E-state index in [2.05, 4.69) is 36.6 Å². The molecule has 0 aromatic heterocycles. The average molecular weight is 190 g/mol. The fourth-order valence-electron chi connectivity index (χ4n) is 2.53. The molecule has 0 saturated heterocycles. The van der Waals surface area contributed by atoms with Crippen molar-refractivity contribution in [3.63, 3.8) is 0 Å². The van der Waals surface area contributed by atoms with Crippen molar-refractivity contribution in [1.82, 2.24) is 0 Å². The van der Waals surface area contributed by atoms with Crippen molar-refractivity contribution < 1.29 is 5.32 Å². The number of aryl methyl sites for hydroxylation is 1. The second-order valence-corrected chi connectivity index (χ2v) is 4.38. The Hall–Kier alpha value is -0.820. The minimum Gasteiger partial charge on any atom is -0.348 e. The molecule has 1 atom stereocenters. The van der Waals surface area contributed by atoms with Gasteiger partial charge in [-0.15, -0.1) is 0 Å². The maximum atomic E-state index is 2.32. The lowest BCUT2D eigenvalue weighted by Crippen LogP contribution is -2.81. The Bertz CT molecular complexity index is 293. The molecule has 1 aromatic carbocycles. The number of hydrogen-bond donors (Lipinski definition) is 1. The van der Waals surface area contributed by atoms with E-state index in [1.165, 1.54) is 32.2 Å². The summed E-state index contributed by atoms with van der Waals surface area (Å²) in [5, 5.41) is 2.32. The van der Waals surface area contributed by atoms with Crippen molar-refractivity contribution in [1.29, 1.82) is 0 Å². The molecule has 1 aromatic rings. The number of hydrogen-bond acceptors (Lipinski definition) is 0. The van der Waals surface area contributed by atoms with E-state index < -0.39 is 0 Å². The highest BCUT2D eigenvalue weighted by Crippen LogP contribution is 2.23. The van der Waals surface area contributed by atoms with Crippen molar-refractivity contribution in [3.8, 4) is 0 Å². The number of quaternary nitrogens is 1. The van der Waals surface area contributed by atoms with Gasteiger partial charge >= 0.3 is 0 Å². The molecular weight excluding hydrogens is 170 g/mol. The zero-order valence-corrected chi connectivity index (χ0v) is 9.00. The zero-order chi connectivity index (χ0) is 9.80. The first-order valence-electron chi connectivity index (χ1n) is 5.74. The summed E-state index contributed by atoms with van der Waals surface area (Å²) in [6, 6.07) is 8.96. The first-order chi connectivity index (χ1) is 6.90. The highest BCUT2D eigenvalue weighted by atomic mass is 14.8. The van der Waals surface area contributed by atoms with Crippen LogP contribution >= 0.6 is 0 Å². The Morgan fingerprint density at radius 3 is 2.86 bits per heavy atom. The van der Waals surface area contributed by atoms with Gasteiger partial charge in [-0.1, -0.05) is 24.3 Å². The molecule has 0 radical (unpaired) electrons. The van der Waals surface area contributed by atoms with Gasteiger partial charge in [-0.3, -0.25) is 0 Å². The second-order valence-electron chi connectivity index (χ2n) is 4.38. The Morgan fingerprint density at radius 1 is 1.29 bits per heavy atom. The first-order valence-corrected chi connectivity index (χ1v) is 5.74. The molecule has 2 N–H and O–H groups in total. The van der Waals surface area contributed by atoms with Gasteiger partial charge < -0.3 is 5.32 Å². The summed E-state index contributed by atoms with van der Waals surface area (Å²) in [5.74, 6) is 0.892. The Morgan fingerprint density at radius 2 is 2.07 bits per heavy atom. The largest absolute Gasteiger partial charge is 0.348 e. The molecule has 1 nitrogen and oxygen atoms in total. The molecule has 1 aliphatic carbocycles. The third-order valence-corrected chi connectivity index (χ3v) is 3.25. The summed E-state index contributed by atoms with van der Waals surface area (Å²) in [6.45, 7) is 1.29. The van der Waals surface area contributed by atoms with E-state index in [0.717, 1.165) is 5.92 Å². The number of fused-ring (bicyclic) bond motifs is 1. The molecule has 0 aliphatic heterocycles. The Kier molecular flexibility index (Phi) is 3.20. The fraction of sp³-hybridized carbons (Fsp3) is 0.538. The molecular formula is C13H20N+. The van der Waals surface area contributed by atoms with Crippen LogP contribution in [-0.4, -0.2) is 13.6 Å². The van der Waals surface area contributed by atoms with Crippen LogP contribution in [0.5, 0.6) is 0 Å². The van der Waals surface area contributed by atoms with Gasteiger partial charge in [0.2, 0.25) is 0 Å². The summed E-state index contributed by atoms with van der Waals surface area (Å²) < 4.78 is 0. The molecule has 1 unspecified atom stereocenters. The van der Waals surface area contributed by atoms with E-state index in [-0.39, 0.29) is 0 Å². The molecule has 0 fully saturated rings. The quantitative estimate of drug-likeness (QED) is 0.678. The zero-order valence-electron chi connectivity index (χ0n) is 9.00. The van der Waals surface area contributed by atoms with Gasteiger partial charge in [-0.25, -0.2) is 0 Å². The third kappa shape index (κ3) is 2.16. The van der Waals surface area contributed by atoms with Crippen molar-refractivity contribution in [2.45, 2.75) is 25.7 Å². The highest BCUT2D eigenvalue weighted by molar-refractivity contribution is 5.28. The summed E-state index contributed by atoms with van der Waals surface area (Å²) in [4.78, 5) is 0. The fourth-order valence-corrected chi connectivity index (χ4v) is 2.53. The molecule has 1 aliphatic rings. The second kappa shape index (κ2) is 4.61. The van der Waals surface area contributed by atoms with Crippen LogP contribution in [0, 0.1) is 5.92 Å². The SMILES string of the molecule is C[NH2+]CC1CCCc2ccccc2C1. The van der Waals surface area contributed by atoms with E-state index in [4.69, 9.17) is 0 Å². The minimum absolute atomic E-state index is 0.892. The Balaban J connectivity index is 2.14. The summed E-state index contributed by atoms with van der Waals surface area (Å²) in [7, 11) is 2.18. The van der Waals surface area contributed by atoms with Crippen LogP contribution in [0.4, 0.5) is 0 Å². The average Bonchev–Trinajstić information content (AvgIpc) is 2.40. The lowest BCUT2D eigenvalue weighted by Gasteiger charge is -2.11. The molecule has 0 spiro atoms. The molecule has 1 heteroatoms. The smallest absolute Gasteiger partial charge is 0.0785 e. The van der Waals surface area contributed by atoms with Crippen LogP contribution in [0.15, 0.2) is 24.3 Å². The van der Waals surface area contributed by atoms with Crippen molar-refractivity contribution in [3.05, 3.63) is 35.4 Å². The van der Waals surface area contributed by atoms with Crippen LogP contribution in [0.25, 0.3) is 0 Å². The van der Waals surface area contributed by atoms with E-state index in [0.29, 0.717) is 0 Å². The van der Waals surface area contributed by atoms with Gasteiger partial charge in [-0.05, 0) is 36.8 Å². The summed E-state index contributed by atoms with van der Waals surface area (Å²) in [5.41, 5.74) is 3.18. The lowest BCUT2D eigenvalue weighted by atomic mass is 9.97. The van der Waals surface area contributed by atoms with Gasteiger partial charge in [0.05, 0.1) is 13.6 Å². The van der Waals surface area contributed by atoms with Crippen molar-refractivity contribution in [2.75, 3.05) is 13.6 Å². The molecule has 0 bridgehead atoms. The molecule has 2 rings (SSSR count). The number of nitrogens with two attached hydrogens (primary N) is 1. The van der Waals surface area contributed by atoms with Crippen molar-refractivity contribution >= 4 is 0 Å². The van der Waals surface area contributed by atoms with Crippen LogP contribution in [0.3, 0.4) is 0 Å². The van der Waals surface area contributed by atoms with Gasteiger partial charge in [0.15, 0.2) is 0 Å². The maximum Gasteiger partial charge on any atom is 0.0785 e. The van der Waals surface area contributed by atoms with Gasteiger partial charge in [0, 0.05) is 5.92 Å². The molecule has 76 valence electrons. The van der Waals surface area contributed by atoms with Crippen molar-refractivity contribution in [2.24, 2.45) is 5.92 Å². The molecule has 0 amide bonds. The lowest BCUT2D eigenvalue weighted by molar-refractivity contribution is -0.633. The maximum absolute atomic E-state index is 2.32. The van der Waals surface area contributed by atoms with E-state index in [1.54, 1.807) is 11.1 Å².